The van der Waals surface area contributed by atoms with E-state index in [1.807, 2.05) is 6.07 Å². The summed E-state index contributed by atoms with van der Waals surface area (Å²) in [6.45, 7) is 1.78. The predicted molar refractivity (Wildman–Crippen MR) is 53.5 cm³/mol. The van der Waals surface area contributed by atoms with Crippen molar-refractivity contribution in [2.45, 2.75) is 12.7 Å². The second kappa shape index (κ2) is 4.87. The standard InChI is InChI=1S/C10H10FNOS/c1-2-14(13)7-9-5-8(6-12)3-4-10(9)11/h3-5H,2,7H2,1H3. The Balaban J connectivity index is 2.96. The van der Waals surface area contributed by atoms with Gasteiger partial charge in [0.2, 0.25) is 0 Å². The molecule has 0 N–H and O–H groups in total. The minimum Gasteiger partial charge on any atom is -0.259 e. The molecular weight excluding hydrogens is 201 g/mol. The van der Waals surface area contributed by atoms with Gasteiger partial charge in [-0.1, -0.05) is 6.92 Å². The molecule has 1 rings (SSSR count). The van der Waals surface area contributed by atoms with Crippen LogP contribution < -0.4 is 0 Å². The van der Waals surface area contributed by atoms with Crippen LogP contribution in [0.3, 0.4) is 0 Å². The van der Waals surface area contributed by atoms with Gasteiger partial charge in [-0.2, -0.15) is 5.26 Å². The fourth-order valence-corrected chi connectivity index (χ4v) is 1.80. The SMILES string of the molecule is CCS(=O)Cc1cc(C#N)ccc1F. The Morgan fingerprint density at radius 3 is 2.86 bits per heavy atom. The molecule has 0 saturated heterocycles. The second-order valence-electron chi connectivity index (χ2n) is 2.79. The number of nitriles is 1. The molecule has 0 spiro atoms. The molecular formula is C10H10FNOS. The minimum absolute atomic E-state index is 0.178. The van der Waals surface area contributed by atoms with E-state index in [4.69, 9.17) is 5.26 Å². The van der Waals surface area contributed by atoms with Gasteiger partial charge in [-0.3, -0.25) is 4.21 Å². The minimum atomic E-state index is -1.05. The highest BCUT2D eigenvalue weighted by molar-refractivity contribution is 7.84. The number of hydrogen-bond acceptors (Lipinski definition) is 2. The molecule has 0 saturated carbocycles. The highest BCUT2D eigenvalue weighted by atomic mass is 32.2. The van der Waals surface area contributed by atoms with Crippen LogP contribution in [0.2, 0.25) is 0 Å². The first-order valence-corrected chi connectivity index (χ1v) is 5.69. The van der Waals surface area contributed by atoms with Gasteiger partial charge in [0.15, 0.2) is 0 Å². The Labute approximate surface area is 84.8 Å². The summed E-state index contributed by atoms with van der Waals surface area (Å²) in [4.78, 5) is 0. The lowest BCUT2D eigenvalue weighted by Crippen LogP contribution is -2.00. The zero-order valence-electron chi connectivity index (χ0n) is 7.79. The van der Waals surface area contributed by atoms with Crippen molar-refractivity contribution in [1.82, 2.24) is 0 Å². The number of hydrogen-bond donors (Lipinski definition) is 0. The topological polar surface area (TPSA) is 40.9 Å². The average molecular weight is 211 g/mol. The van der Waals surface area contributed by atoms with Crippen LogP contribution in [-0.2, 0) is 16.6 Å². The second-order valence-corrected chi connectivity index (χ2v) is 4.54. The van der Waals surface area contributed by atoms with E-state index in [1.54, 1.807) is 6.92 Å². The number of benzene rings is 1. The molecule has 0 amide bonds. The van der Waals surface area contributed by atoms with Crippen molar-refractivity contribution in [1.29, 1.82) is 5.26 Å². The van der Waals surface area contributed by atoms with Crippen LogP contribution in [0.15, 0.2) is 18.2 Å². The summed E-state index contributed by atoms with van der Waals surface area (Å²) in [7, 11) is -1.05. The maximum atomic E-state index is 13.2. The summed E-state index contributed by atoms with van der Waals surface area (Å²) < 4.78 is 24.4. The van der Waals surface area contributed by atoms with Crippen molar-refractivity contribution in [2.24, 2.45) is 0 Å². The van der Waals surface area contributed by atoms with Gasteiger partial charge in [-0.25, -0.2) is 4.39 Å². The van der Waals surface area contributed by atoms with Gasteiger partial charge in [0.1, 0.15) is 5.82 Å². The van der Waals surface area contributed by atoms with E-state index >= 15 is 0 Å². The van der Waals surface area contributed by atoms with Crippen molar-refractivity contribution in [2.75, 3.05) is 5.75 Å². The lowest BCUT2D eigenvalue weighted by Gasteiger charge is -2.02. The van der Waals surface area contributed by atoms with E-state index in [0.717, 1.165) is 0 Å². The van der Waals surface area contributed by atoms with Crippen LogP contribution in [0.5, 0.6) is 0 Å². The Morgan fingerprint density at radius 2 is 2.29 bits per heavy atom. The molecule has 0 aliphatic carbocycles. The summed E-state index contributed by atoms with van der Waals surface area (Å²) >= 11 is 0. The van der Waals surface area contributed by atoms with E-state index in [9.17, 15) is 8.60 Å². The van der Waals surface area contributed by atoms with Crippen LogP contribution in [0, 0.1) is 17.1 Å². The van der Waals surface area contributed by atoms with E-state index < -0.39 is 16.6 Å². The van der Waals surface area contributed by atoms with Crippen molar-refractivity contribution in [3.63, 3.8) is 0 Å². The normalized spacial score (nSPS) is 12.1. The highest BCUT2D eigenvalue weighted by Gasteiger charge is 2.06. The molecule has 0 heterocycles. The fourth-order valence-electron chi connectivity index (χ4n) is 1.03. The van der Waals surface area contributed by atoms with Crippen LogP contribution >= 0.6 is 0 Å². The molecule has 0 aliphatic rings. The van der Waals surface area contributed by atoms with Crippen molar-refractivity contribution in [3.8, 4) is 6.07 Å². The van der Waals surface area contributed by atoms with Gasteiger partial charge < -0.3 is 0 Å². The van der Waals surface area contributed by atoms with Gasteiger partial charge in [-0.15, -0.1) is 0 Å². The summed E-state index contributed by atoms with van der Waals surface area (Å²) in [5.74, 6) is 0.277. The zero-order valence-corrected chi connectivity index (χ0v) is 8.60. The Morgan fingerprint density at radius 1 is 1.57 bits per heavy atom. The lowest BCUT2D eigenvalue weighted by molar-refractivity contribution is 0.615. The summed E-state index contributed by atoms with van der Waals surface area (Å²) in [6.07, 6.45) is 0. The molecule has 1 aromatic carbocycles. The molecule has 2 nitrogen and oxygen atoms in total. The van der Waals surface area contributed by atoms with Crippen molar-refractivity contribution >= 4 is 10.8 Å². The first-order chi connectivity index (χ1) is 6.67. The third-order valence-corrected chi connectivity index (χ3v) is 3.09. The third kappa shape index (κ3) is 2.64. The average Bonchev–Trinajstić information content (AvgIpc) is 2.21. The number of rotatable bonds is 3. The zero-order chi connectivity index (χ0) is 10.6. The van der Waals surface area contributed by atoms with E-state index in [-0.39, 0.29) is 5.75 Å². The Kier molecular flexibility index (Phi) is 3.78. The molecule has 1 unspecified atom stereocenters. The van der Waals surface area contributed by atoms with Crippen LogP contribution in [-0.4, -0.2) is 9.96 Å². The molecule has 0 aliphatic heterocycles. The van der Waals surface area contributed by atoms with E-state index in [0.29, 0.717) is 16.9 Å². The highest BCUT2D eigenvalue weighted by Crippen LogP contribution is 2.12. The molecule has 4 heteroatoms. The van der Waals surface area contributed by atoms with E-state index in [1.165, 1.54) is 18.2 Å². The fraction of sp³-hybridized carbons (Fsp3) is 0.300. The Hall–Kier alpha value is -1.21. The van der Waals surface area contributed by atoms with E-state index in [2.05, 4.69) is 0 Å². The van der Waals surface area contributed by atoms with Gasteiger partial charge in [-0.05, 0) is 18.2 Å². The lowest BCUT2D eigenvalue weighted by atomic mass is 10.1. The summed E-state index contributed by atoms with van der Waals surface area (Å²) in [5.41, 5.74) is 0.749. The summed E-state index contributed by atoms with van der Waals surface area (Å²) in [6, 6.07) is 6.01. The van der Waals surface area contributed by atoms with Gasteiger partial charge in [0, 0.05) is 22.1 Å². The molecule has 74 valence electrons. The predicted octanol–water partition coefficient (Wildman–Crippen LogP) is 1.97. The van der Waals surface area contributed by atoms with Gasteiger partial charge >= 0.3 is 0 Å². The smallest absolute Gasteiger partial charge is 0.127 e. The quantitative estimate of drug-likeness (QED) is 0.767. The third-order valence-electron chi connectivity index (χ3n) is 1.81. The molecule has 0 fully saturated rings. The van der Waals surface area contributed by atoms with Gasteiger partial charge in [0.05, 0.1) is 17.4 Å². The molecule has 1 aromatic rings. The number of halogens is 1. The van der Waals surface area contributed by atoms with Crippen LogP contribution in [0.4, 0.5) is 4.39 Å². The first kappa shape index (κ1) is 10.9. The summed E-state index contributed by atoms with van der Waals surface area (Å²) in [5, 5.41) is 8.60. The monoisotopic (exact) mass is 211 g/mol. The van der Waals surface area contributed by atoms with Gasteiger partial charge in [0.25, 0.3) is 0 Å². The maximum absolute atomic E-state index is 13.2. The van der Waals surface area contributed by atoms with Crippen molar-refractivity contribution in [3.05, 3.63) is 35.1 Å². The first-order valence-electron chi connectivity index (χ1n) is 4.21. The van der Waals surface area contributed by atoms with Crippen LogP contribution in [0.25, 0.3) is 0 Å². The molecule has 1 atom stereocenters. The molecule has 0 bridgehead atoms. The Bertz CT molecular complexity index is 398. The molecule has 0 aromatic heterocycles. The number of nitrogens with zero attached hydrogens (tertiary/aromatic N) is 1. The maximum Gasteiger partial charge on any atom is 0.127 e. The molecule has 0 radical (unpaired) electrons. The molecule has 14 heavy (non-hydrogen) atoms. The largest absolute Gasteiger partial charge is 0.259 e. The van der Waals surface area contributed by atoms with Crippen molar-refractivity contribution < 1.29 is 8.60 Å². The van der Waals surface area contributed by atoms with Crippen LogP contribution in [0.1, 0.15) is 18.1 Å².